The number of hydrogen-bond acceptors (Lipinski definition) is 4. The summed E-state index contributed by atoms with van der Waals surface area (Å²) in [5.74, 6) is -0.104. The van der Waals surface area contributed by atoms with Crippen molar-refractivity contribution in [2.24, 2.45) is 0 Å². The fraction of sp³-hybridized carbons (Fsp3) is 0.0625. The first-order chi connectivity index (χ1) is 10.1. The number of phenolic OH excluding ortho intramolecular Hbond substituents is 1. The van der Waals surface area contributed by atoms with E-state index in [4.69, 9.17) is 9.47 Å². The van der Waals surface area contributed by atoms with Gasteiger partial charge in [0.2, 0.25) is 6.79 Å². The predicted octanol–water partition coefficient (Wildman–Crippen LogP) is 3.16. The third-order valence-corrected chi connectivity index (χ3v) is 3.05. The van der Waals surface area contributed by atoms with Crippen LogP contribution in [0.15, 0.2) is 42.5 Å². The van der Waals surface area contributed by atoms with E-state index in [9.17, 15) is 14.3 Å². The zero-order valence-electron chi connectivity index (χ0n) is 10.9. The van der Waals surface area contributed by atoms with E-state index >= 15 is 0 Å². The van der Waals surface area contributed by atoms with E-state index in [1.165, 1.54) is 12.1 Å². The molecule has 1 N–H and O–H groups in total. The minimum Gasteiger partial charge on any atom is -0.507 e. The number of ether oxygens (including phenoxy) is 2. The lowest BCUT2D eigenvalue weighted by molar-refractivity contribution is 0.104. The van der Waals surface area contributed by atoms with Crippen LogP contribution in [0.25, 0.3) is 6.08 Å². The van der Waals surface area contributed by atoms with Crippen LogP contribution < -0.4 is 9.47 Å². The van der Waals surface area contributed by atoms with Crippen molar-refractivity contribution in [3.8, 4) is 17.2 Å². The molecule has 0 atom stereocenters. The molecule has 0 bridgehead atoms. The molecule has 0 saturated carbocycles. The van der Waals surface area contributed by atoms with Gasteiger partial charge in [-0.2, -0.15) is 0 Å². The van der Waals surface area contributed by atoms with Crippen LogP contribution >= 0.6 is 0 Å². The number of carbonyl (C=O) groups excluding carboxylic acids is 1. The van der Waals surface area contributed by atoms with Gasteiger partial charge in [0, 0.05) is 6.07 Å². The molecule has 1 aliphatic heterocycles. The summed E-state index contributed by atoms with van der Waals surface area (Å²) in [6, 6.07) is 8.56. The highest BCUT2D eigenvalue weighted by Gasteiger charge is 2.13. The zero-order valence-corrected chi connectivity index (χ0v) is 10.9. The number of rotatable bonds is 3. The fourth-order valence-corrected chi connectivity index (χ4v) is 1.99. The van der Waals surface area contributed by atoms with Crippen molar-refractivity contribution >= 4 is 11.9 Å². The SMILES string of the molecule is O=C(C=Cc1ccc2c(c1)OCO2)c1ccc(F)cc1O. The summed E-state index contributed by atoms with van der Waals surface area (Å²) < 4.78 is 23.3. The Bertz CT molecular complexity index is 737. The Kier molecular flexibility index (Phi) is 3.31. The Morgan fingerprint density at radius 2 is 1.95 bits per heavy atom. The Morgan fingerprint density at radius 1 is 1.14 bits per heavy atom. The number of phenols is 1. The number of fused-ring (bicyclic) bond motifs is 1. The minimum absolute atomic E-state index is 0.0494. The van der Waals surface area contributed by atoms with E-state index in [1.807, 2.05) is 0 Å². The van der Waals surface area contributed by atoms with Crippen LogP contribution in [0.1, 0.15) is 15.9 Å². The standard InChI is InChI=1S/C16H11FO4/c17-11-3-4-12(14(19)8-11)13(18)5-1-10-2-6-15-16(7-10)21-9-20-15/h1-8,19H,9H2. The highest BCUT2D eigenvalue weighted by Crippen LogP contribution is 2.32. The van der Waals surface area contributed by atoms with Gasteiger partial charge in [-0.05, 0) is 35.9 Å². The minimum atomic E-state index is -0.594. The van der Waals surface area contributed by atoms with Gasteiger partial charge >= 0.3 is 0 Å². The van der Waals surface area contributed by atoms with E-state index in [0.29, 0.717) is 11.5 Å². The average Bonchev–Trinajstić information content (AvgIpc) is 2.92. The van der Waals surface area contributed by atoms with Crippen molar-refractivity contribution in [3.05, 3.63) is 59.4 Å². The van der Waals surface area contributed by atoms with Gasteiger partial charge < -0.3 is 14.6 Å². The number of carbonyl (C=O) groups is 1. The van der Waals surface area contributed by atoms with Crippen molar-refractivity contribution in [3.63, 3.8) is 0 Å². The van der Waals surface area contributed by atoms with Crippen molar-refractivity contribution in [2.75, 3.05) is 6.79 Å². The van der Waals surface area contributed by atoms with E-state index in [-0.39, 0.29) is 18.1 Å². The molecular weight excluding hydrogens is 275 g/mol. The molecule has 3 rings (SSSR count). The third kappa shape index (κ3) is 2.72. The molecule has 0 fully saturated rings. The van der Waals surface area contributed by atoms with Crippen LogP contribution in [0, 0.1) is 5.82 Å². The Balaban J connectivity index is 1.80. The molecule has 1 heterocycles. The van der Waals surface area contributed by atoms with E-state index in [0.717, 1.165) is 17.7 Å². The summed E-state index contributed by atoms with van der Waals surface area (Å²) in [4.78, 5) is 12.0. The summed E-state index contributed by atoms with van der Waals surface area (Å²) in [5.41, 5.74) is 0.808. The number of ketones is 1. The molecule has 0 spiro atoms. The molecular formula is C16H11FO4. The number of hydrogen-bond donors (Lipinski definition) is 1. The summed E-state index contributed by atoms with van der Waals surface area (Å²) in [6.45, 7) is 0.185. The molecule has 106 valence electrons. The third-order valence-electron chi connectivity index (χ3n) is 3.05. The first-order valence-electron chi connectivity index (χ1n) is 6.24. The largest absolute Gasteiger partial charge is 0.507 e. The Hall–Kier alpha value is -2.82. The van der Waals surface area contributed by atoms with Crippen LogP contribution in [-0.4, -0.2) is 17.7 Å². The monoisotopic (exact) mass is 286 g/mol. The molecule has 2 aromatic carbocycles. The lowest BCUT2D eigenvalue weighted by Crippen LogP contribution is -1.95. The summed E-state index contributed by atoms with van der Waals surface area (Å²) >= 11 is 0. The molecule has 0 aromatic heterocycles. The fourth-order valence-electron chi connectivity index (χ4n) is 1.99. The van der Waals surface area contributed by atoms with Crippen molar-refractivity contribution in [1.82, 2.24) is 0 Å². The van der Waals surface area contributed by atoms with Crippen LogP contribution in [-0.2, 0) is 0 Å². The van der Waals surface area contributed by atoms with Gasteiger partial charge in [0.15, 0.2) is 17.3 Å². The molecule has 4 nitrogen and oxygen atoms in total. The quantitative estimate of drug-likeness (QED) is 0.695. The molecule has 0 amide bonds. The van der Waals surface area contributed by atoms with Gasteiger partial charge in [-0.25, -0.2) is 4.39 Å². The maximum atomic E-state index is 12.9. The van der Waals surface area contributed by atoms with Gasteiger partial charge in [0.25, 0.3) is 0 Å². The molecule has 0 aliphatic carbocycles. The van der Waals surface area contributed by atoms with Crippen molar-refractivity contribution < 1.29 is 23.8 Å². The first-order valence-corrected chi connectivity index (χ1v) is 6.24. The number of halogens is 1. The summed E-state index contributed by atoms with van der Waals surface area (Å²) in [6.07, 6.45) is 2.90. The molecule has 2 aromatic rings. The maximum absolute atomic E-state index is 12.9. The first kappa shape index (κ1) is 13.2. The number of aromatic hydroxyl groups is 1. The normalized spacial score (nSPS) is 12.8. The van der Waals surface area contributed by atoms with Gasteiger partial charge in [-0.15, -0.1) is 0 Å². The van der Waals surface area contributed by atoms with Crippen LogP contribution in [0.5, 0.6) is 17.2 Å². The second-order valence-electron chi connectivity index (χ2n) is 4.47. The zero-order chi connectivity index (χ0) is 14.8. The smallest absolute Gasteiger partial charge is 0.231 e. The molecule has 0 radical (unpaired) electrons. The highest BCUT2D eigenvalue weighted by atomic mass is 19.1. The average molecular weight is 286 g/mol. The molecule has 21 heavy (non-hydrogen) atoms. The van der Waals surface area contributed by atoms with Crippen LogP contribution in [0.2, 0.25) is 0 Å². The van der Waals surface area contributed by atoms with Gasteiger partial charge in [-0.1, -0.05) is 12.1 Å². The van der Waals surface area contributed by atoms with Gasteiger partial charge in [0.1, 0.15) is 11.6 Å². The molecule has 0 saturated heterocycles. The van der Waals surface area contributed by atoms with E-state index in [1.54, 1.807) is 24.3 Å². The Morgan fingerprint density at radius 3 is 2.76 bits per heavy atom. The predicted molar refractivity (Wildman–Crippen MR) is 74.0 cm³/mol. The Labute approximate surface area is 120 Å². The van der Waals surface area contributed by atoms with Gasteiger partial charge in [-0.3, -0.25) is 4.79 Å². The maximum Gasteiger partial charge on any atom is 0.231 e. The highest BCUT2D eigenvalue weighted by molar-refractivity contribution is 6.08. The van der Waals surface area contributed by atoms with E-state index < -0.39 is 11.6 Å². The molecule has 5 heteroatoms. The molecule has 0 unspecified atom stereocenters. The second-order valence-corrected chi connectivity index (χ2v) is 4.47. The number of allylic oxidation sites excluding steroid dienone is 1. The van der Waals surface area contributed by atoms with Crippen LogP contribution in [0.3, 0.4) is 0 Å². The molecule has 1 aliphatic rings. The summed E-state index contributed by atoms with van der Waals surface area (Å²) in [5, 5.41) is 9.55. The number of benzene rings is 2. The van der Waals surface area contributed by atoms with Crippen molar-refractivity contribution in [1.29, 1.82) is 0 Å². The second kappa shape index (κ2) is 5.28. The van der Waals surface area contributed by atoms with Crippen LogP contribution in [0.4, 0.5) is 4.39 Å². The lowest BCUT2D eigenvalue weighted by atomic mass is 10.1. The summed E-state index contributed by atoms with van der Waals surface area (Å²) in [7, 11) is 0. The van der Waals surface area contributed by atoms with E-state index in [2.05, 4.69) is 0 Å². The lowest BCUT2D eigenvalue weighted by Gasteiger charge is -2.00. The van der Waals surface area contributed by atoms with Crippen molar-refractivity contribution in [2.45, 2.75) is 0 Å². The topological polar surface area (TPSA) is 55.8 Å². The van der Waals surface area contributed by atoms with Gasteiger partial charge in [0.05, 0.1) is 5.56 Å².